The first-order valence-corrected chi connectivity index (χ1v) is 11.0. The third kappa shape index (κ3) is 4.09. The van der Waals surface area contributed by atoms with E-state index in [1.54, 1.807) is 30.2 Å². The van der Waals surface area contributed by atoms with Crippen molar-refractivity contribution in [2.24, 2.45) is 0 Å². The van der Waals surface area contributed by atoms with Crippen LogP contribution >= 0.6 is 11.8 Å². The van der Waals surface area contributed by atoms with Gasteiger partial charge in [0.2, 0.25) is 5.91 Å². The molecule has 2 aromatic heterocycles. The van der Waals surface area contributed by atoms with Gasteiger partial charge in [-0.1, -0.05) is 6.07 Å². The Morgan fingerprint density at radius 3 is 2.80 bits per heavy atom. The number of anilines is 2. The summed E-state index contributed by atoms with van der Waals surface area (Å²) in [5.74, 6) is 0.834. The fraction of sp³-hybridized carbons (Fsp3) is 0.273. The Balaban J connectivity index is 1.60. The predicted octanol–water partition coefficient (Wildman–Crippen LogP) is 4.54. The molecule has 0 aliphatic carbocycles. The van der Waals surface area contributed by atoms with Crippen molar-refractivity contribution >= 4 is 35.0 Å². The van der Waals surface area contributed by atoms with Crippen LogP contribution in [0.5, 0.6) is 0 Å². The van der Waals surface area contributed by atoms with Crippen LogP contribution in [-0.2, 0) is 4.79 Å². The Labute approximate surface area is 178 Å². The number of hydrogen-bond donors (Lipinski definition) is 1. The van der Waals surface area contributed by atoms with Crippen molar-refractivity contribution in [3.8, 4) is 11.6 Å². The minimum absolute atomic E-state index is 0.118. The largest absolute Gasteiger partial charge is 0.461 e. The molecule has 3 aromatic rings. The minimum Gasteiger partial charge on any atom is -0.461 e. The first-order chi connectivity index (χ1) is 14.6. The zero-order valence-electron chi connectivity index (χ0n) is 16.8. The zero-order chi connectivity index (χ0) is 21.1. The highest BCUT2D eigenvalue weighted by Crippen LogP contribution is 2.27. The van der Waals surface area contributed by atoms with Crippen molar-refractivity contribution in [1.82, 2.24) is 9.97 Å². The van der Waals surface area contributed by atoms with Gasteiger partial charge in [0.05, 0.1) is 17.5 Å². The molecule has 0 unspecified atom stereocenters. The number of nitrogens with one attached hydrogen (secondary N) is 1. The lowest BCUT2D eigenvalue weighted by Crippen LogP contribution is -2.35. The lowest BCUT2D eigenvalue weighted by Gasteiger charge is -2.27. The van der Waals surface area contributed by atoms with Gasteiger partial charge in [-0.05, 0) is 56.4 Å². The predicted molar refractivity (Wildman–Crippen MR) is 117 cm³/mol. The molecule has 7 nitrogen and oxygen atoms in total. The van der Waals surface area contributed by atoms with E-state index in [2.05, 4.69) is 15.3 Å². The molecule has 0 atom stereocenters. The van der Waals surface area contributed by atoms with Crippen LogP contribution in [0.15, 0.2) is 52.1 Å². The summed E-state index contributed by atoms with van der Waals surface area (Å²) in [6.45, 7) is 2.49. The highest BCUT2D eigenvalue weighted by Gasteiger charge is 2.22. The molecule has 154 valence electrons. The first kappa shape index (κ1) is 20.2. The second-order valence-corrected chi connectivity index (χ2v) is 7.80. The Bertz CT molecular complexity index is 1080. The Morgan fingerprint density at radius 1 is 1.20 bits per heavy atom. The van der Waals surface area contributed by atoms with E-state index in [1.807, 2.05) is 30.5 Å². The van der Waals surface area contributed by atoms with Gasteiger partial charge in [0.15, 0.2) is 11.6 Å². The second-order valence-electron chi connectivity index (χ2n) is 7.00. The van der Waals surface area contributed by atoms with Gasteiger partial charge >= 0.3 is 0 Å². The van der Waals surface area contributed by atoms with E-state index in [9.17, 15) is 9.59 Å². The number of aromatic nitrogens is 2. The second kappa shape index (κ2) is 8.71. The highest BCUT2D eigenvalue weighted by atomic mass is 32.2. The number of aryl methyl sites for hydroxylation is 1. The number of hydrogen-bond acceptors (Lipinski definition) is 6. The number of amides is 2. The van der Waals surface area contributed by atoms with Gasteiger partial charge in [0.1, 0.15) is 5.03 Å². The number of furan rings is 1. The molecular weight excluding hydrogens is 400 g/mol. The first-order valence-electron chi connectivity index (χ1n) is 9.75. The van der Waals surface area contributed by atoms with Crippen LogP contribution in [0.2, 0.25) is 0 Å². The molecule has 1 saturated heterocycles. The van der Waals surface area contributed by atoms with Gasteiger partial charge in [0.25, 0.3) is 5.91 Å². The topological polar surface area (TPSA) is 88.3 Å². The molecule has 4 rings (SSSR count). The van der Waals surface area contributed by atoms with Gasteiger partial charge in [-0.15, -0.1) is 11.8 Å². The van der Waals surface area contributed by atoms with Crippen molar-refractivity contribution in [3.63, 3.8) is 0 Å². The molecular formula is C22H22N4O3S. The summed E-state index contributed by atoms with van der Waals surface area (Å²) >= 11 is 1.38. The molecule has 1 N–H and O–H groups in total. The number of carbonyl (C=O) groups is 2. The van der Waals surface area contributed by atoms with E-state index < -0.39 is 0 Å². The molecule has 3 heterocycles. The lowest BCUT2D eigenvalue weighted by molar-refractivity contribution is -0.119. The highest BCUT2D eigenvalue weighted by molar-refractivity contribution is 7.98. The molecule has 8 heteroatoms. The molecule has 30 heavy (non-hydrogen) atoms. The Morgan fingerprint density at radius 2 is 2.07 bits per heavy atom. The lowest BCUT2D eigenvalue weighted by atomic mass is 10.1. The maximum atomic E-state index is 13.1. The minimum atomic E-state index is -0.287. The summed E-state index contributed by atoms with van der Waals surface area (Å²) in [4.78, 5) is 36.0. The van der Waals surface area contributed by atoms with Crippen molar-refractivity contribution < 1.29 is 14.0 Å². The SMILES string of the molecule is CSc1nc(-c2ccco2)nc(C)c1C(=O)Nc1cccc(N2CCCCC2=O)c1. The maximum Gasteiger partial charge on any atom is 0.260 e. The summed E-state index contributed by atoms with van der Waals surface area (Å²) < 4.78 is 5.38. The molecule has 1 aliphatic rings. The number of thioether (sulfide) groups is 1. The van der Waals surface area contributed by atoms with E-state index >= 15 is 0 Å². The molecule has 0 spiro atoms. The average Bonchev–Trinajstić information content (AvgIpc) is 3.28. The van der Waals surface area contributed by atoms with Gasteiger partial charge in [0, 0.05) is 24.3 Å². The van der Waals surface area contributed by atoms with Crippen LogP contribution in [0.4, 0.5) is 11.4 Å². The zero-order valence-corrected chi connectivity index (χ0v) is 17.7. The average molecular weight is 423 g/mol. The number of benzene rings is 1. The number of piperidine rings is 1. The normalized spacial score (nSPS) is 14.1. The summed E-state index contributed by atoms with van der Waals surface area (Å²) in [5.41, 5.74) is 2.42. The molecule has 2 amide bonds. The van der Waals surface area contributed by atoms with Gasteiger partial charge < -0.3 is 14.6 Å². The van der Waals surface area contributed by atoms with Crippen molar-refractivity contribution in [2.75, 3.05) is 23.0 Å². The smallest absolute Gasteiger partial charge is 0.260 e. The maximum absolute atomic E-state index is 13.1. The summed E-state index contributed by atoms with van der Waals surface area (Å²) in [7, 11) is 0. The van der Waals surface area contributed by atoms with Gasteiger partial charge in [-0.2, -0.15) is 0 Å². The van der Waals surface area contributed by atoms with E-state index in [-0.39, 0.29) is 11.8 Å². The van der Waals surface area contributed by atoms with E-state index in [0.29, 0.717) is 46.5 Å². The summed E-state index contributed by atoms with van der Waals surface area (Å²) in [6, 6.07) is 10.9. The van der Waals surface area contributed by atoms with Crippen LogP contribution in [0.25, 0.3) is 11.6 Å². The van der Waals surface area contributed by atoms with Crippen LogP contribution in [0, 0.1) is 6.92 Å². The standard InChI is InChI=1S/C22H22N4O3S/c1-14-19(22(30-2)25-20(23-14)17-9-6-12-29-17)21(28)24-15-7-5-8-16(13-15)26-11-4-3-10-18(26)27/h5-9,12-13H,3-4,10-11H2,1-2H3,(H,24,28). The van der Waals surface area contributed by atoms with Crippen LogP contribution < -0.4 is 10.2 Å². The Hall–Kier alpha value is -3.13. The van der Waals surface area contributed by atoms with Crippen molar-refractivity contribution in [2.45, 2.75) is 31.2 Å². The third-order valence-electron chi connectivity index (χ3n) is 4.96. The fourth-order valence-electron chi connectivity index (χ4n) is 3.50. The Kier molecular flexibility index (Phi) is 5.85. The van der Waals surface area contributed by atoms with Gasteiger partial charge in [-0.3, -0.25) is 9.59 Å². The van der Waals surface area contributed by atoms with Crippen LogP contribution in [0.3, 0.4) is 0 Å². The monoisotopic (exact) mass is 422 g/mol. The number of carbonyl (C=O) groups excluding carboxylic acids is 2. The molecule has 0 saturated carbocycles. The molecule has 0 bridgehead atoms. The molecule has 0 radical (unpaired) electrons. The van der Waals surface area contributed by atoms with Crippen LogP contribution in [0.1, 0.15) is 35.3 Å². The van der Waals surface area contributed by atoms with E-state index in [0.717, 1.165) is 18.5 Å². The molecule has 1 aliphatic heterocycles. The summed E-state index contributed by atoms with van der Waals surface area (Å²) in [6.07, 6.45) is 5.90. The molecule has 1 aromatic carbocycles. The summed E-state index contributed by atoms with van der Waals surface area (Å²) in [5, 5.41) is 3.51. The number of rotatable bonds is 5. The van der Waals surface area contributed by atoms with E-state index in [1.165, 1.54) is 11.8 Å². The van der Waals surface area contributed by atoms with E-state index in [4.69, 9.17) is 4.42 Å². The van der Waals surface area contributed by atoms with Crippen molar-refractivity contribution in [3.05, 3.63) is 53.9 Å². The fourth-order valence-corrected chi connectivity index (χ4v) is 4.12. The van der Waals surface area contributed by atoms with Crippen molar-refractivity contribution in [1.29, 1.82) is 0 Å². The number of nitrogens with zero attached hydrogens (tertiary/aromatic N) is 3. The molecule has 1 fully saturated rings. The van der Waals surface area contributed by atoms with Crippen LogP contribution in [-0.4, -0.2) is 34.6 Å². The van der Waals surface area contributed by atoms with Gasteiger partial charge in [-0.25, -0.2) is 9.97 Å². The third-order valence-corrected chi connectivity index (χ3v) is 5.64. The quantitative estimate of drug-likeness (QED) is 0.480.